The van der Waals surface area contributed by atoms with E-state index in [4.69, 9.17) is 14.2 Å². The lowest BCUT2D eigenvalue weighted by atomic mass is 9.51. The van der Waals surface area contributed by atoms with E-state index in [0.29, 0.717) is 24.5 Å². The lowest BCUT2D eigenvalue weighted by Gasteiger charge is -2.56. The molecule has 0 radical (unpaired) electrons. The summed E-state index contributed by atoms with van der Waals surface area (Å²) in [6, 6.07) is 0. The van der Waals surface area contributed by atoms with Crippen LogP contribution in [0.1, 0.15) is 39.0 Å². The number of carbonyl (C=O) groups excluding carboxylic acids is 1. The van der Waals surface area contributed by atoms with E-state index in [1.54, 1.807) is 0 Å². The maximum atomic E-state index is 12.6. The standard InChI is InChI=1S/C17H24O4/c1-15-5-3-6-16(8-9-16)12(15)4-7-17(20-10-11-21-17)13(15)14(18)19-2/h3,6,12-13H,4-5,7-11H2,1-2H3/t12?,13-,15-/m0/s1. The van der Waals surface area contributed by atoms with Crippen LogP contribution in [-0.2, 0) is 19.0 Å². The number of hydrogen-bond donors (Lipinski definition) is 0. The van der Waals surface area contributed by atoms with Crippen LogP contribution in [0.25, 0.3) is 0 Å². The predicted molar refractivity (Wildman–Crippen MR) is 76.4 cm³/mol. The Morgan fingerprint density at radius 2 is 1.95 bits per heavy atom. The van der Waals surface area contributed by atoms with Crippen LogP contribution in [0.2, 0.25) is 0 Å². The molecule has 0 bridgehead atoms. The molecule has 0 aromatic heterocycles. The van der Waals surface area contributed by atoms with Gasteiger partial charge in [-0.25, -0.2) is 0 Å². The molecule has 1 aliphatic heterocycles. The predicted octanol–water partition coefficient (Wildman–Crippen LogP) is 2.68. The maximum absolute atomic E-state index is 12.6. The van der Waals surface area contributed by atoms with Crippen LogP contribution in [0, 0.1) is 22.7 Å². The molecule has 4 rings (SSSR count). The Morgan fingerprint density at radius 3 is 2.57 bits per heavy atom. The number of hydrogen-bond acceptors (Lipinski definition) is 4. The summed E-state index contributed by atoms with van der Waals surface area (Å²) in [6.07, 6.45) is 9.98. The van der Waals surface area contributed by atoms with E-state index in [-0.39, 0.29) is 17.3 Å². The molecule has 1 saturated heterocycles. The Kier molecular flexibility index (Phi) is 2.84. The summed E-state index contributed by atoms with van der Waals surface area (Å²) in [5, 5.41) is 0. The molecule has 0 aromatic rings. The first kappa shape index (κ1) is 13.8. The monoisotopic (exact) mass is 292 g/mol. The normalized spacial score (nSPS) is 42.0. The van der Waals surface area contributed by atoms with E-state index < -0.39 is 5.79 Å². The van der Waals surface area contributed by atoms with Crippen molar-refractivity contribution in [1.82, 2.24) is 0 Å². The van der Waals surface area contributed by atoms with Crippen molar-refractivity contribution >= 4 is 5.97 Å². The van der Waals surface area contributed by atoms with Crippen molar-refractivity contribution in [2.75, 3.05) is 20.3 Å². The SMILES string of the molecule is COC(=O)[C@@H]1C2(CCC3C4(C=CC[C@@]31C)CC4)OCCO2. The zero-order valence-electron chi connectivity index (χ0n) is 12.9. The number of fused-ring (bicyclic) bond motifs is 2. The van der Waals surface area contributed by atoms with Gasteiger partial charge in [0.05, 0.1) is 20.3 Å². The second kappa shape index (κ2) is 4.32. The van der Waals surface area contributed by atoms with Gasteiger partial charge in [0.2, 0.25) is 0 Å². The van der Waals surface area contributed by atoms with Gasteiger partial charge < -0.3 is 14.2 Å². The molecule has 0 N–H and O–H groups in total. The molecular formula is C17H24O4. The quantitative estimate of drug-likeness (QED) is 0.550. The molecule has 4 heteroatoms. The van der Waals surface area contributed by atoms with Crippen LogP contribution in [0.5, 0.6) is 0 Å². The first-order chi connectivity index (χ1) is 10.1. The van der Waals surface area contributed by atoms with Crippen molar-refractivity contribution in [1.29, 1.82) is 0 Å². The van der Waals surface area contributed by atoms with Crippen LogP contribution in [0.15, 0.2) is 12.2 Å². The fourth-order valence-corrected chi connectivity index (χ4v) is 5.40. The van der Waals surface area contributed by atoms with Gasteiger partial charge >= 0.3 is 5.97 Å². The first-order valence-electron chi connectivity index (χ1n) is 8.10. The number of ether oxygens (including phenoxy) is 3. The largest absolute Gasteiger partial charge is 0.469 e. The van der Waals surface area contributed by atoms with Gasteiger partial charge in [0.15, 0.2) is 5.79 Å². The summed E-state index contributed by atoms with van der Waals surface area (Å²) in [7, 11) is 1.48. The van der Waals surface area contributed by atoms with Gasteiger partial charge in [0.1, 0.15) is 5.92 Å². The molecule has 4 nitrogen and oxygen atoms in total. The minimum Gasteiger partial charge on any atom is -0.469 e. The fraction of sp³-hybridized carbons (Fsp3) is 0.824. The molecule has 3 atom stereocenters. The Labute approximate surface area is 125 Å². The Balaban J connectivity index is 1.78. The van der Waals surface area contributed by atoms with Crippen molar-refractivity contribution in [2.45, 2.75) is 44.8 Å². The average molecular weight is 292 g/mol. The third-order valence-corrected chi connectivity index (χ3v) is 6.42. The molecule has 0 aromatic carbocycles. The molecule has 1 heterocycles. The van der Waals surface area contributed by atoms with Gasteiger partial charge in [-0.2, -0.15) is 0 Å². The minimum atomic E-state index is -0.750. The van der Waals surface area contributed by atoms with Crippen molar-refractivity contribution in [3.8, 4) is 0 Å². The Morgan fingerprint density at radius 1 is 1.24 bits per heavy atom. The summed E-state index contributed by atoms with van der Waals surface area (Å²) in [6.45, 7) is 3.40. The van der Waals surface area contributed by atoms with E-state index >= 15 is 0 Å². The highest BCUT2D eigenvalue weighted by Gasteiger charge is 2.68. The third kappa shape index (κ3) is 1.72. The van der Waals surface area contributed by atoms with E-state index in [0.717, 1.165) is 19.3 Å². The second-order valence-corrected chi connectivity index (χ2v) is 7.40. The topological polar surface area (TPSA) is 44.8 Å². The highest BCUT2D eigenvalue weighted by Crippen LogP contribution is 2.69. The molecule has 3 fully saturated rings. The molecule has 4 aliphatic rings. The zero-order valence-corrected chi connectivity index (χ0v) is 12.9. The molecule has 3 aliphatic carbocycles. The zero-order chi connectivity index (χ0) is 14.7. The minimum absolute atomic E-state index is 0.124. The van der Waals surface area contributed by atoms with Crippen molar-refractivity contribution in [2.24, 2.45) is 22.7 Å². The summed E-state index contributed by atoms with van der Waals surface area (Å²) in [5.74, 6) is -0.703. The Hall–Kier alpha value is -0.870. The average Bonchev–Trinajstić information content (AvgIpc) is 3.07. The fourth-order valence-electron chi connectivity index (χ4n) is 5.40. The van der Waals surface area contributed by atoms with Gasteiger partial charge in [-0.1, -0.05) is 19.1 Å². The van der Waals surface area contributed by atoms with Gasteiger partial charge in [-0.15, -0.1) is 0 Å². The third-order valence-electron chi connectivity index (χ3n) is 6.42. The number of methoxy groups -OCH3 is 1. The van der Waals surface area contributed by atoms with Crippen LogP contribution >= 0.6 is 0 Å². The molecule has 1 unspecified atom stereocenters. The first-order valence-corrected chi connectivity index (χ1v) is 8.10. The lowest BCUT2D eigenvalue weighted by molar-refractivity contribution is -0.261. The van der Waals surface area contributed by atoms with Gasteiger partial charge in [0.25, 0.3) is 0 Å². The number of rotatable bonds is 1. The molecule has 2 saturated carbocycles. The smallest absolute Gasteiger partial charge is 0.314 e. The summed E-state index contributed by atoms with van der Waals surface area (Å²) < 4.78 is 17.1. The summed E-state index contributed by atoms with van der Waals surface area (Å²) in [5.41, 5.74) is 0.209. The van der Waals surface area contributed by atoms with Gasteiger partial charge in [-0.05, 0) is 42.4 Å². The molecule has 21 heavy (non-hydrogen) atoms. The van der Waals surface area contributed by atoms with Crippen molar-refractivity contribution in [3.05, 3.63) is 12.2 Å². The summed E-state index contributed by atoms with van der Waals surface area (Å²) in [4.78, 5) is 12.6. The molecule has 0 amide bonds. The van der Waals surface area contributed by atoms with Gasteiger partial charge in [0, 0.05) is 6.42 Å². The molecule has 2 spiro atoms. The number of esters is 1. The second-order valence-electron chi connectivity index (χ2n) is 7.40. The van der Waals surface area contributed by atoms with E-state index in [9.17, 15) is 4.79 Å². The molecular weight excluding hydrogens is 268 g/mol. The number of carbonyl (C=O) groups is 1. The van der Waals surface area contributed by atoms with E-state index in [2.05, 4.69) is 19.1 Å². The van der Waals surface area contributed by atoms with Crippen LogP contribution in [-0.4, -0.2) is 32.1 Å². The molecule has 116 valence electrons. The van der Waals surface area contributed by atoms with E-state index in [1.165, 1.54) is 20.0 Å². The van der Waals surface area contributed by atoms with E-state index in [1.807, 2.05) is 0 Å². The van der Waals surface area contributed by atoms with Crippen LogP contribution in [0.3, 0.4) is 0 Å². The summed E-state index contributed by atoms with van der Waals surface area (Å²) >= 11 is 0. The maximum Gasteiger partial charge on any atom is 0.314 e. The lowest BCUT2D eigenvalue weighted by Crippen LogP contribution is -2.60. The van der Waals surface area contributed by atoms with Crippen LogP contribution < -0.4 is 0 Å². The Bertz CT molecular complexity index is 487. The highest BCUT2D eigenvalue weighted by atomic mass is 16.7. The number of allylic oxidation sites excluding steroid dienone is 2. The van der Waals surface area contributed by atoms with Gasteiger partial charge in [-0.3, -0.25) is 4.79 Å². The highest BCUT2D eigenvalue weighted by molar-refractivity contribution is 5.75. The van der Waals surface area contributed by atoms with Crippen molar-refractivity contribution in [3.63, 3.8) is 0 Å². The van der Waals surface area contributed by atoms with Crippen LogP contribution in [0.4, 0.5) is 0 Å². The van der Waals surface area contributed by atoms with Crippen molar-refractivity contribution < 1.29 is 19.0 Å².